The Kier molecular flexibility index (Phi) is 12.9. The van der Waals surface area contributed by atoms with E-state index in [9.17, 15) is 23.7 Å². The van der Waals surface area contributed by atoms with E-state index >= 15 is 0 Å². The van der Waals surface area contributed by atoms with Gasteiger partial charge in [0.25, 0.3) is 11.8 Å². The van der Waals surface area contributed by atoms with Crippen LogP contribution in [0, 0.1) is 11.8 Å². The van der Waals surface area contributed by atoms with Crippen LogP contribution >= 0.6 is 19.2 Å². The zero-order valence-electron chi connectivity index (χ0n) is 34.1. The van der Waals surface area contributed by atoms with E-state index in [1.807, 2.05) is 12.1 Å². The van der Waals surface area contributed by atoms with Crippen LogP contribution in [-0.2, 0) is 23.2 Å². The Balaban J connectivity index is 0.748. The first-order chi connectivity index (χ1) is 29.0. The largest absolute Gasteiger partial charge is 0.371 e. The second-order valence-corrected chi connectivity index (χ2v) is 19.1. The van der Waals surface area contributed by atoms with Crippen molar-refractivity contribution in [3.63, 3.8) is 0 Å². The SMILES string of the molecule is COP(=O)(OC)c1ccccc1Nc1nc(N[C@@H]2CCN(CCC3CCN(CC4CCN(c5ccc6c(c5)C(=O)N(C5CCC(=O)NC5=O)C6=O)CC4)CC3)C2)ncc1Cl. The van der Waals surface area contributed by atoms with Crippen LogP contribution in [0.15, 0.2) is 48.7 Å². The molecule has 5 aliphatic heterocycles. The van der Waals surface area contributed by atoms with Crippen LogP contribution in [0.2, 0.25) is 5.02 Å². The van der Waals surface area contributed by atoms with Crippen molar-refractivity contribution in [2.45, 2.75) is 63.5 Å². The van der Waals surface area contributed by atoms with Gasteiger partial charge in [-0.1, -0.05) is 23.7 Å². The number of likely N-dealkylation sites (tertiary alicyclic amines) is 2. The number of aromatic nitrogens is 2. The molecular formula is C42H53ClN9O7P. The van der Waals surface area contributed by atoms with Crippen LogP contribution in [0.25, 0.3) is 0 Å². The summed E-state index contributed by atoms with van der Waals surface area (Å²) >= 11 is 6.48. The third-order valence-corrected chi connectivity index (χ3v) is 15.0. The van der Waals surface area contributed by atoms with Crippen LogP contribution < -0.4 is 26.2 Å². The maximum Gasteiger partial charge on any atom is 0.362 e. The van der Waals surface area contributed by atoms with Crippen LogP contribution in [0.5, 0.6) is 0 Å². The Labute approximate surface area is 355 Å². The number of carbonyl (C=O) groups excluding carboxylic acids is 4. The third kappa shape index (κ3) is 9.09. The van der Waals surface area contributed by atoms with Gasteiger partial charge in [0, 0.05) is 65.1 Å². The number of benzene rings is 2. The van der Waals surface area contributed by atoms with Crippen molar-refractivity contribution >= 4 is 71.3 Å². The number of piperidine rings is 3. The Morgan fingerprint density at radius 2 is 1.58 bits per heavy atom. The zero-order valence-corrected chi connectivity index (χ0v) is 35.8. The van der Waals surface area contributed by atoms with Crippen LogP contribution in [0.3, 0.4) is 0 Å². The summed E-state index contributed by atoms with van der Waals surface area (Å²) in [5.41, 5.74) is 2.08. The minimum absolute atomic E-state index is 0.100. The molecule has 4 amide bonds. The normalized spacial score (nSPS) is 22.4. The number of imide groups is 2. The number of nitrogens with one attached hydrogen (secondary N) is 3. The van der Waals surface area contributed by atoms with Gasteiger partial charge in [-0.3, -0.25) is 34.0 Å². The van der Waals surface area contributed by atoms with Gasteiger partial charge < -0.3 is 34.4 Å². The molecule has 18 heteroatoms. The van der Waals surface area contributed by atoms with E-state index in [0.29, 0.717) is 44.8 Å². The van der Waals surface area contributed by atoms with Gasteiger partial charge in [0.15, 0.2) is 5.82 Å². The van der Waals surface area contributed by atoms with Gasteiger partial charge in [0.05, 0.1) is 28.3 Å². The van der Waals surface area contributed by atoms with Gasteiger partial charge >= 0.3 is 7.60 Å². The molecule has 1 unspecified atom stereocenters. The zero-order chi connectivity index (χ0) is 42.0. The minimum Gasteiger partial charge on any atom is -0.371 e. The summed E-state index contributed by atoms with van der Waals surface area (Å²) in [5, 5.41) is 9.65. The maximum absolute atomic E-state index is 13.3. The number of carbonyl (C=O) groups is 4. The fourth-order valence-corrected chi connectivity index (χ4v) is 10.7. The van der Waals surface area contributed by atoms with Gasteiger partial charge in [-0.05, 0) is 107 Å². The number of fused-ring (bicyclic) bond motifs is 1. The quantitative estimate of drug-likeness (QED) is 0.147. The van der Waals surface area contributed by atoms with Crippen LogP contribution in [-0.4, -0.2) is 127 Å². The first kappa shape index (κ1) is 42.3. The van der Waals surface area contributed by atoms with E-state index in [2.05, 4.69) is 40.6 Å². The lowest BCUT2D eigenvalue weighted by Gasteiger charge is -2.38. The molecule has 2 atom stereocenters. The smallest absolute Gasteiger partial charge is 0.362 e. The van der Waals surface area contributed by atoms with Gasteiger partial charge in [-0.25, -0.2) is 4.98 Å². The number of amides is 4. The first-order valence-electron chi connectivity index (χ1n) is 20.9. The lowest BCUT2D eigenvalue weighted by molar-refractivity contribution is -0.136. The number of rotatable bonds is 14. The van der Waals surface area contributed by atoms with Crippen LogP contribution in [0.1, 0.15) is 72.1 Å². The van der Waals surface area contributed by atoms with E-state index in [1.165, 1.54) is 33.5 Å². The molecule has 16 nitrogen and oxygen atoms in total. The summed E-state index contributed by atoms with van der Waals surface area (Å²) in [6.45, 7) is 8.14. The third-order valence-electron chi connectivity index (χ3n) is 12.8. The van der Waals surface area contributed by atoms with Crippen molar-refractivity contribution < 1.29 is 32.8 Å². The standard InChI is InChI=1S/C42H53ClN9O7P/c1-58-60(57,59-2)36-6-4-3-5-34(36)46-38-33(43)24-44-42(48-38)45-29-16-20-50(26-29)19-13-27-11-17-49(18-12-27)25-28-14-21-51(22-15-28)30-7-8-31-32(23-30)41(56)52(40(31)55)35-9-10-37(53)47-39(35)54/h3-8,23-24,27-29,35H,9-22,25-26H2,1-2H3,(H,47,53,54)(H2,44,45,46,48)/t29-,35?/m1/s1. The molecule has 3 N–H and O–H groups in total. The minimum atomic E-state index is -3.52. The van der Waals surface area contributed by atoms with E-state index in [4.69, 9.17) is 20.6 Å². The molecule has 1 aromatic heterocycles. The summed E-state index contributed by atoms with van der Waals surface area (Å²) in [6, 6.07) is 11.7. The molecule has 2 aromatic carbocycles. The van der Waals surface area contributed by atoms with Gasteiger partial charge in [-0.2, -0.15) is 4.98 Å². The summed E-state index contributed by atoms with van der Waals surface area (Å²) in [7, 11) is -0.816. The maximum atomic E-state index is 13.3. The van der Waals surface area contributed by atoms with Crippen molar-refractivity contribution in [1.82, 2.24) is 30.0 Å². The second kappa shape index (κ2) is 18.3. The highest BCUT2D eigenvalue weighted by molar-refractivity contribution is 7.62. The molecule has 5 aliphatic rings. The highest BCUT2D eigenvalue weighted by Gasteiger charge is 2.45. The Hall–Kier alpha value is -4.44. The number of anilines is 4. The number of hydrogen-bond acceptors (Lipinski definition) is 14. The van der Waals surface area contributed by atoms with Crippen molar-refractivity contribution in [2.24, 2.45) is 11.8 Å². The average Bonchev–Trinajstić information content (AvgIpc) is 3.81. The summed E-state index contributed by atoms with van der Waals surface area (Å²) in [6.07, 6.45) is 8.55. The molecule has 0 aliphatic carbocycles. The number of nitrogens with zero attached hydrogens (tertiary/aromatic N) is 6. The van der Waals surface area contributed by atoms with Gasteiger partial charge in [-0.15, -0.1) is 0 Å². The summed E-state index contributed by atoms with van der Waals surface area (Å²) in [4.78, 5) is 68.1. The number of halogens is 1. The molecular weight excluding hydrogens is 809 g/mol. The van der Waals surface area contributed by atoms with Crippen LogP contribution in [0.4, 0.5) is 23.1 Å². The molecule has 4 saturated heterocycles. The lowest BCUT2D eigenvalue weighted by atomic mass is 9.91. The van der Waals surface area contributed by atoms with Crippen molar-refractivity contribution in [1.29, 1.82) is 0 Å². The lowest BCUT2D eigenvalue weighted by Crippen LogP contribution is -2.54. The van der Waals surface area contributed by atoms with Crippen molar-refractivity contribution in [3.8, 4) is 0 Å². The molecule has 8 rings (SSSR count). The molecule has 0 saturated carbocycles. The Bertz CT molecular complexity index is 2150. The molecule has 320 valence electrons. The molecule has 4 fully saturated rings. The average molecular weight is 862 g/mol. The van der Waals surface area contributed by atoms with E-state index in [1.54, 1.807) is 36.5 Å². The van der Waals surface area contributed by atoms with Crippen molar-refractivity contribution in [3.05, 3.63) is 64.8 Å². The number of hydrogen-bond donors (Lipinski definition) is 3. The predicted octanol–water partition coefficient (Wildman–Crippen LogP) is 4.89. The topological polar surface area (TPSA) is 179 Å². The van der Waals surface area contributed by atoms with E-state index in [0.717, 1.165) is 88.1 Å². The molecule has 60 heavy (non-hydrogen) atoms. The van der Waals surface area contributed by atoms with E-state index in [-0.39, 0.29) is 24.8 Å². The molecule has 0 radical (unpaired) electrons. The predicted molar refractivity (Wildman–Crippen MR) is 228 cm³/mol. The molecule has 6 heterocycles. The van der Waals surface area contributed by atoms with Gasteiger partial charge in [0.1, 0.15) is 11.1 Å². The second-order valence-electron chi connectivity index (χ2n) is 16.5. The van der Waals surface area contributed by atoms with E-state index < -0.39 is 31.4 Å². The fraction of sp³-hybridized carbons (Fsp3) is 0.524. The fourth-order valence-electron chi connectivity index (χ4n) is 9.29. The monoisotopic (exact) mass is 861 g/mol. The molecule has 3 aromatic rings. The summed E-state index contributed by atoms with van der Waals surface area (Å²) in [5.74, 6) is 0.278. The molecule has 0 bridgehead atoms. The number of para-hydroxylation sites is 1. The van der Waals surface area contributed by atoms with Crippen molar-refractivity contribution in [2.75, 3.05) is 82.1 Å². The summed E-state index contributed by atoms with van der Waals surface area (Å²) < 4.78 is 23.6. The highest BCUT2D eigenvalue weighted by atomic mass is 35.5. The highest BCUT2D eigenvalue weighted by Crippen LogP contribution is 2.47. The van der Waals surface area contributed by atoms with Gasteiger partial charge in [0.2, 0.25) is 17.8 Å². The first-order valence-corrected chi connectivity index (χ1v) is 22.9. The molecule has 0 spiro atoms. The Morgan fingerprint density at radius 1 is 0.867 bits per heavy atom. The Morgan fingerprint density at radius 3 is 2.33 bits per heavy atom.